The first-order chi connectivity index (χ1) is 12.1. The number of carbonyl (C=O) groups excluding carboxylic acids is 2. The first kappa shape index (κ1) is 20.2. The van der Waals surface area contributed by atoms with Crippen LogP contribution in [-0.2, 0) is 10.0 Å². The van der Waals surface area contributed by atoms with Gasteiger partial charge in [-0.2, -0.15) is 0 Å². The maximum Gasteiger partial charge on any atom is 0.271 e. The Kier molecular flexibility index (Phi) is 6.25. The van der Waals surface area contributed by atoms with Gasteiger partial charge in [-0.3, -0.25) is 20.4 Å². The van der Waals surface area contributed by atoms with Gasteiger partial charge >= 0.3 is 0 Å². The SMILES string of the molecule is CN(C)S(=O)(=O)c1ccc(Cl)c(C(=O)NNC(=O)c2ccccc2Cl)c1. The molecular weight excluding hydrogens is 401 g/mol. The molecule has 2 rings (SSSR count). The van der Waals surface area contributed by atoms with E-state index in [1.165, 1.54) is 38.4 Å². The Morgan fingerprint density at radius 2 is 1.42 bits per heavy atom. The lowest BCUT2D eigenvalue weighted by Crippen LogP contribution is -2.41. The van der Waals surface area contributed by atoms with Gasteiger partial charge in [0, 0.05) is 14.1 Å². The van der Waals surface area contributed by atoms with E-state index in [1.807, 2.05) is 0 Å². The molecule has 0 heterocycles. The van der Waals surface area contributed by atoms with Crippen LogP contribution < -0.4 is 10.9 Å². The number of nitrogens with one attached hydrogen (secondary N) is 2. The van der Waals surface area contributed by atoms with E-state index >= 15 is 0 Å². The second kappa shape index (κ2) is 8.05. The van der Waals surface area contributed by atoms with Gasteiger partial charge < -0.3 is 0 Å². The average molecular weight is 416 g/mol. The average Bonchev–Trinajstić information content (AvgIpc) is 2.59. The van der Waals surface area contributed by atoms with E-state index in [4.69, 9.17) is 23.2 Å². The van der Waals surface area contributed by atoms with Crippen LogP contribution >= 0.6 is 23.2 Å². The monoisotopic (exact) mass is 415 g/mol. The van der Waals surface area contributed by atoms with Crippen LogP contribution in [0.4, 0.5) is 0 Å². The van der Waals surface area contributed by atoms with Gasteiger partial charge in [0.1, 0.15) is 0 Å². The highest BCUT2D eigenvalue weighted by Gasteiger charge is 2.21. The van der Waals surface area contributed by atoms with E-state index in [0.717, 1.165) is 10.4 Å². The van der Waals surface area contributed by atoms with Crippen LogP contribution in [0.15, 0.2) is 47.4 Å². The maximum absolute atomic E-state index is 12.3. The Morgan fingerprint density at radius 1 is 0.885 bits per heavy atom. The highest BCUT2D eigenvalue weighted by Crippen LogP contribution is 2.22. The molecule has 0 unspecified atom stereocenters. The van der Waals surface area contributed by atoms with Gasteiger partial charge in [0.05, 0.1) is 26.1 Å². The molecule has 0 spiro atoms. The van der Waals surface area contributed by atoms with Crippen molar-refractivity contribution < 1.29 is 18.0 Å². The zero-order chi connectivity index (χ0) is 19.5. The number of amides is 2. The van der Waals surface area contributed by atoms with E-state index in [9.17, 15) is 18.0 Å². The molecule has 0 fully saturated rings. The van der Waals surface area contributed by atoms with Crippen LogP contribution in [0.1, 0.15) is 20.7 Å². The van der Waals surface area contributed by atoms with Crippen molar-refractivity contribution in [1.82, 2.24) is 15.2 Å². The molecule has 2 amide bonds. The lowest BCUT2D eigenvalue weighted by Gasteiger charge is -2.13. The summed E-state index contributed by atoms with van der Waals surface area (Å²) in [6.07, 6.45) is 0. The number of nitrogens with zero attached hydrogens (tertiary/aromatic N) is 1. The molecule has 26 heavy (non-hydrogen) atoms. The molecule has 138 valence electrons. The minimum absolute atomic E-state index is 0.0344. The summed E-state index contributed by atoms with van der Waals surface area (Å²) in [7, 11) is -1.00. The predicted octanol–water partition coefficient (Wildman–Crippen LogP) is 2.32. The quantitative estimate of drug-likeness (QED) is 0.748. The Morgan fingerprint density at radius 3 is 2.00 bits per heavy atom. The van der Waals surface area contributed by atoms with Crippen molar-refractivity contribution >= 4 is 45.0 Å². The Labute approximate surface area is 160 Å². The van der Waals surface area contributed by atoms with Crippen molar-refractivity contribution in [2.75, 3.05) is 14.1 Å². The van der Waals surface area contributed by atoms with Crippen molar-refractivity contribution in [2.45, 2.75) is 4.90 Å². The predicted molar refractivity (Wildman–Crippen MR) is 98.7 cm³/mol. The molecule has 2 aromatic rings. The smallest absolute Gasteiger partial charge is 0.267 e. The zero-order valence-electron chi connectivity index (χ0n) is 13.8. The molecule has 0 atom stereocenters. The van der Waals surface area contributed by atoms with Gasteiger partial charge in [0.2, 0.25) is 10.0 Å². The third-order valence-electron chi connectivity index (χ3n) is 3.37. The molecule has 0 bridgehead atoms. The van der Waals surface area contributed by atoms with Crippen LogP contribution in [0.5, 0.6) is 0 Å². The van der Waals surface area contributed by atoms with Crippen molar-refractivity contribution in [3.8, 4) is 0 Å². The number of rotatable bonds is 4. The Hall–Kier alpha value is -2.13. The number of halogens is 2. The molecular formula is C16H15Cl2N3O4S. The fourth-order valence-electron chi connectivity index (χ4n) is 1.94. The molecule has 0 aliphatic rings. The van der Waals surface area contributed by atoms with Crippen molar-refractivity contribution in [1.29, 1.82) is 0 Å². The lowest BCUT2D eigenvalue weighted by atomic mass is 10.2. The zero-order valence-corrected chi connectivity index (χ0v) is 16.1. The molecule has 0 aliphatic carbocycles. The molecule has 2 aromatic carbocycles. The van der Waals surface area contributed by atoms with Gasteiger partial charge in [-0.15, -0.1) is 0 Å². The molecule has 10 heteroatoms. The number of benzene rings is 2. The third kappa shape index (κ3) is 4.34. The van der Waals surface area contributed by atoms with Crippen LogP contribution in [0, 0.1) is 0 Å². The highest BCUT2D eigenvalue weighted by molar-refractivity contribution is 7.89. The van der Waals surface area contributed by atoms with Crippen LogP contribution in [-0.4, -0.2) is 38.6 Å². The molecule has 0 saturated heterocycles. The normalized spacial score (nSPS) is 11.3. The summed E-state index contributed by atoms with van der Waals surface area (Å²) in [5.41, 5.74) is 4.46. The van der Waals surface area contributed by atoms with Crippen molar-refractivity contribution in [3.63, 3.8) is 0 Å². The second-order valence-electron chi connectivity index (χ2n) is 5.32. The first-order valence-electron chi connectivity index (χ1n) is 7.22. The van der Waals surface area contributed by atoms with E-state index < -0.39 is 21.8 Å². The van der Waals surface area contributed by atoms with Crippen molar-refractivity contribution in [2.24, 2.45) is 0 Å². The van der Waals surface area contributed by atoms with Crippen molar-refractivity contribution in [3.05, 3.63) is 63.6 Å². The van der Waals surface area contributed by atoms with Gasteiger partial charge in [0.15, 0.2) is 0 Å². The number of carbonyl (C=O) groups is 2. The summed E-state index contributed by atoms with van der Waals surface area (Å²) in [6.45, 7) is 0. The number of hydrazine groups is 1. The topological polar surface area (TPSA) is 95.6 Å². The first-order valence-corrected chi connectivity index (χ1v) is 9.41. The van der Waals surface area contributed by atoms with E-state index in [0.29, 0.717) is 0 Å². The van der Waals surface area contributed by atoms with Crippen LogP contribution in [0.3, 0.4) is 0 Å². The fraction of sp³-hybridized carbons (Fsp3) is 0.125. The van der Waals surface area contributed by atoms with Gasteiger partial charge in [-0.25, -0.2) is 12.7 Å². The summed E-state index contributed by atoms with van der Waals surface area (Å²) >= 11 is 11.9. The van der Waals surface area contributed by atoms with Crippen LogP contribution in [0.25, 0.3) is 0 Å². The lowest BCUT2D eigenvalue weighted by molar-refractivity contribution is 0.0846. The minimum atomic E-state index is -3.74. The molecule has 0 aliphatic heterocycles. The summed E-state index contributed by atoms with van der Waals surface area (Å²) in [6, 6.07) is 10.0. The number of hydrogen-bond acceptors (Lipinski definition) is 4. The van der Waals surface area contributed by atoms with E-state index in [1.54, 1.807) is 12.1 Å². The standard InChI is InChI=1S/C16H15Cl2N3O4S/c1-21(2)26(24,25)10-7-8-14(18)12(9-10)16(23)20-19-15(22)11-5-3-4-6-13(11)17/h3-9H,1-2H3,(H,19,22)(H,20,23). The summed E-state index contributed by atoms with van der Waals surface area (Å²) in [5.74, 6) is -1.40. The highest BCUT2D eigenvalue weighted by atomic mass is 35.5. The molecule has 0 aromatic heterocycles. The Bertz CT molecular complexity index is 962. The maximum atomic E-state index is 12.3. The van der Waals surface area contributed by atoms with Crippen LogP contribution in [0.2, 0.25) is 10.0 Å². The minimum Gasteiger partial charge on any atom is -0.267 e. The number of sulfonamides is 1. The van der Waals surface area contributed by atoms with Gasteiger partial charge in [-0.05, 0) is 30.3 Å². The van der Waals surface area contributed by atoms with E-state index in [2.05, 4.69) is 10.9 Å². The molecule has 7 nitrogen and oxygen atoms in total. The van der Waals surface area contributed by atoms with Gasteiger partial charge in [0.25, 0.3) is 11.8 Å². The second-order valence-corrected chi connectivity index (χ2v) is 8.28. The molecule has 2 N–H and O–H groups in total. The largest absolute Gasteiger partial charge is 0.271 e. The van der Waals surface area contributed by atoms with E-state index in [-0.39, 0.29) is 26.1 Å². The number of hydrogen-bond donors (Lipinski definition) is 2. The fourth-order valence-corrected chi connectivity index (χ4v) is 3.30. The Balaban J connectivity index is 2.20. The summed E-state index contributed by atoms with van der Waals surface area (Å²) in [5, 5.41) is 0.253. The molecule has 0 saturated carbocycles. The summed E-state index contributed by atoms with van der Waals surface area (Å²) < 4.78 is 25.4. The third-order valence-corrected chi connectivity index (χ3v) is 5.84. The summed E-state index contributed by atoms with van der Waals surface area (Å²) in [4.78, 5) is 24.2. The van der Waals surface area contributed by atoms with Gasteiger partial charge in [-0.1, -0.05) is 35.3 Å². The molecule has 0 radical (unpaired) electrons.